The Morgan fingerprint density at radius 3 is 1.67 bits per heavy atom. The molecule has 1 heterocycles. The van der Waals surface area contributed by atoms with Crippen molar-refractivity contribution in [3.63, 3.8) is 0 Å². The summed E-state index contributed by atoms with van der Waals surface area (Å²) in [5.74, 6) is 1.96. The smallest absolute Gasteiger partial charge is 0.229 e. The molecule has 0 aliphatic carbocycles. The predicted octanol–water partition coefficient (Wildman–Crippen LogP) is 4.87. The molecule has 1 saturated heterocycles. The van der Waals surface area contributed by atoms with E-state index < -0.39 is 12.0 Å². The molecule has 0 bridgehead atoms. The lowest BCUT2D eigenvalue weighted by molar-refractivity contribution is -0.125. The second-order valence-electron chi connectivity index (χ2n) is 9.41. The molecule has 42 heavy (non-hydrogen) atoms. The number of methoxy groups -OCH3 is 7. The fraction of sp³-hybridized carbons (Fsp3) is 0.355. The summed E-state index contributed by atoms with van der Waals surface area (Å²) in [7, 11) is 10.6. The monoisotopic (exact) mass is 580 g/mol. The van der Waals surface area contributed by atoms with Crippen LogP contribution < -0.4 is 43.4 Å². The minimum absolute atomic E-state index is 0.149. The molecule has 1 aliphatic rings. The zero-order chi connectivity index (χ0) is 30.4. The first kappa shape index (κ1) is 30.2. The summed E-state index contributed by atoms with van der Waals surface area (Å²) in [5, 5.41) is 3.00. The Kier molecular flexibility index (Phi) is 9.51. The van der Waals surface area contributed by atoms with Crippen molar-refractivity contribution in [1.29, 1.82) is 0 Å². The normalized spacial score (nSPS) is 16.4. The van der Waals surface area contributed by atoms with Crippen molar-refractivity contribution in [1.82, 2.24) is 0 Å². The number of nitrogens with zero attached hydrogens (tertiary/aromatic N) is 1. The van der Waals surface area contributed by atoms with Crippen molar-refractivity contribution >= 4 is 23.2 Å². The summed E-state index contributed by atoms with van der Waals surface area (Å²) >= 11 is 0. The summed E-state index contributed by atoms with van der Waals surface area (Å²) in [6.45, 7) is 0. The van der Waals surface area contributed by atoms with Crippen molar-refractivity contribution < 1.29 is 42.7 Å². The van der Waals surface area contributed by atoms with E-state index in [4.69, 9.17) is 33.2 Å². The molecular formula is C31H36N2O9. The van der Waals surface area contributed by atoms with Gasteiger partial charge in [0.25, 0.3) is 0 Å². The number of carbonyl (C=O) groups is 2. The van der Waals surface area contributed by atoms with Crippen LogP contribution >= 0.6 is 0 Å². The quantitative estimate of drug-likeness (QED) is 0.339. The summed E-state index contributed by atoms with van der Waals surface area (Å²) in [6, 6.07) is 13.4. The second kappa shape index (κ2) is 13.2. The van der Waals surface area contributed by atoms with Gasteiger partial charge in [0.1, 0.15) is 5.75 Å². The average Bonchev–Trinajstić information content (AvgIpc) is 3.03. The molecule has 2 atom stereocenters. The molecule has 0 saturated carbocycles. The molecule has 4 rings (SSSR count). The molecule has 0 radical (unpaired) electrons. The minimum atomic E-state index is -0.665. The highest BCUT2D eigenvalue weighted by Gasteiger charge is 2.42. The Labute approximate surface area is 245 Å². The van der Waals surface area contributed by atoms with Gasteiger partial charge >= 0.3 is 0 Å². The first-order valence-corrected chi connectivity index (χ1v) is 13.2. The third-order valence-electron chi connectivity index (χ3n) is 7.25. The minimum Gasteiger partial charge on any atom is -0.497 e. The lowest BCUT2D eigenvalue weighted by Gasteiger charge is -2.41. The van der Waals surface area contributed by atoms with Crippen LogP contribution in [0.1, 0.15) is 24.4 Å². The van der Waals surface area contributed by atoms with Gasteiger partial charge in [0.2, 0.25) is 23.3 Å². The molecule has 1 fully saturated rings. The second-order valence-corrected chi connectivity index (χ2v) is 9.41. The van der Waals surface area contributed by atoms with Crippen LogP contribution in [0.2, 0.25) is 0 Å². The fourth-order valence-corrected chi connectivity index (χ4v) is 5.25. The van der Waals surface area contributed by atoms with E-state index in [9.17, 15) is 9.59 Å². The Hall–Kier alpha value is -4.80. The van der Waals surface area contributed by atoms with Crippen molar-refractivity contribution in [2.45, 2.75) is 18.9 Å². The highest BCUT2D eigenvalue weighted by Crippen LogP contribution is 2.47. The summed E-state index contributed by atoms with van der Waals surface area (Å²) < 4.78 is 38.3. The number of carbonyl (C=O) groups excluding carboxylic acids is 2. The molecule has 11 nitrogen and oxygen atoms in total. The molecule has 0 unspecified atom stereocenters. The number of nitrogens with one attached hydrogen (secondary N) is 1. The molecule has 0 spiro atoms. The van der Waals surface area contributed by atoms with Gasteiger partial charge < -0.3 is 43.4 Å². The lowest BCUT2D eigenvalue weighted by atomic mass is 9.83. The van der Waals surface area contributed by atoms with Gasteiger partial charge in [-0.05, 0) is 24.1 Å². The van der Waals surface area contributed by atoms with E-state index in [2.05, 4.69) is 5.32 Å². The molecule has 3 aromatic rings. The summed E-state index contributed by atoms with van der Waals surface area (Å²) in [4.78, 5) is 29.3. The van der Waals surface area contributed by atoms with E-state index in [-0.39, 0.29) is 18.2 Å². The topological polar surface area (TPSA) is 114 Å². The third-order valence-corrected chi connectivity index (χ3v) is 7.25. The van der Waals surface area contributed by atoms with E-state index >= 15 is 0 Å². The zero-order valence-electron chi connectivity index (χ0n) is 24.8. The number of piperidine rings is 1. The Balaban J connectivity index is 1.81. The highest BCUT2D eigenvalue weighted by atomic mass is 16.5. The maximum Gasteiger partial charge on any atom is 0.229 e. The van der Waals surface area contributed by atoms with Crippen LogP contribution in [-0.4, -0.2) is 61.6 Å². The molecule has 224 valence electrons. The van der Waals surface area contributed by atoms with Gasteiger partial charge in [-0.25, -0.2) is 0 Å². The number of rotatable bonds is 11. The Morgan fingerprint density at radius 2 is 1.21 bits per heavy atom. The van der Waals surface area contributed by atoms with Gasteiger partial charge in [-0.1, -0.05) is 12.1 Å². The van der Waals surface area contributed by atoms with Crippen LogP contribution in [0.4, 0.5) is 11.4 Å². The molecule has 1 aliphatic heterocycles. The standard InChI is InChI=1S/C31H36N2O9/c1-36-21-10-8-18(9-11-21)28-22(31(35)32-19-14-23(37-2)29(41-6)24(15-19)38-3)12-13-27(34)33(28)20-16-25(39-4)30(42-7)26(17-20)40-5/h8-11,14-17,22,28H,12-13H2,1-7H3,(H,32,35)/t22-,28-/m1/s1. The van der Waals surface area contributed by atoms with E-state index in [0.29, 0.717) is 58.0 Å². The Bertz CT molecular complexity index is 1370. The van der Waals surface area contributed by atoms with Gasteiger partial charge in [-0.2, -0.15) is 0 Å². The maximum absolute atomic E-state index is 14.0. The lowest BCUT2D eigenvalue weighted by Crippen LogP contribution is -2.47. The van der Waals surface area contributed by atoms with Gasteiger partial charge in [0.05, 0.1) is 67.4 Å². The van der Waals surface area contributed by atoms with Crippen LogP contribution in [0, 0.1) is 5.92 Å². The first-order chi connectivity index (χ1) is 20.3. The SMILES string of the molecule is COc1ccc([C@@H]2[C@H](C(=O)Nc3cc(OC)c(OC)c(OC)c3)CCC(=O)N2c2cc(OC)c(OC)c(OC)c2)cc1. The number of amides is 2. The Morgan fingerprint density at radius 1 is 0.714 bits per heavy atom. The van der Waals surface area contributed by atoms with E-state index in [1.807, 2.05) is 12.1 Å². The number of ether oxygens (including phenoxy) is 7. The number of benzene rings is 3. The number of anilines is 2. The van der Waals surface area contributed by atoms with Crippen LogP contribution in [-0.2, 0) is 9.59 Å². The average molecular weight is 581 g/mol. The third kappa shape index (κ3) is 5.81. The van der Waals surface area contributed by atoms with Crippen LogP contribution in [0.15, 0.2) is 48.5 Å². The maximum atomic E-state index is 14.0. The molecule has 3 aromatic carbocycles. The van der Waals surface area contributed by atoms with Crippen LogP contribution in [0.5, 0.6) is 40.2 Å². The predicted molar refractivity (Wildman–Crippen MR) is 157 cm³/mol. The van der Waals surface area contributed by atoms with Crippen molar-refractivity contribution in [3.8, 4) is 40.2 Å². The van der Waals surface area contributed by atoms with E-state index in [1.54, 1.807) is 48.4 Å². The summed E-state index contributed by atoms with van der Waals surface area (Å²) in [6.07, 6.45) is 0.476. The molecule has 1 N–H and O–H groups in total. The highest BCUT2D eigenvalue weighted by molar-refractivity contribution is 6.01. The largest absolute Gasteiger partial charge is 0.497 e. The fourth-order valence-electron chi connectivity index (χ4n) is 5.25. The van der Waals surface area contributed by atoms with Crippen molar-refractivity contribution in [2.75, 3.05) is 60.0 Å². The van der Waals surface area contributed by atoms with Crippen LogP contribution in [0.25, 0.3) is 0 Å². The number of hydrogen-bond acceptors (Lipinski definition) is 9. The molecule has 2 amide bonds. The van der Waals surface area contributed by atoms with Crippen LogP contribution in [0.3, 0.4) is 0 Å². The molecule has 0 aromatic heterocycles. The summed E-state index contributed by atoms with van der Waals surface area (Å²) in [5.41, 5.74) is 1.71. The molecule has 11 heteroatoms. The van der Waals surface area contributed by atoms with Crippen molar-refractivity contribution in [2.24, 2.45) is 5.92 Å². The van der Waals surface area contributed by atoms with Gasteiger partial charge in [0.15, 0.2) is 23.0 Å². The van der Waals surface area contributed by atoms with E-state index in [1.165, 1.54) is 42.7 Å². The first-order valence-electron chi connectivity index (χ1n) is 13.2. The zero-order valence-corrected chi connectivity index (χ0v) is 24.8. The van der Waals surface area contributed by atoms with E-state index in [0.717, 1.165) is 5.56 Å². The van der Waals surface area contributed by atoms with Gasteiger partial charge in [-0.3, -0.25) is 9.59 Å². The van der Waals surface area contributed by atoms with Gasteiger partial charge in [-0.15, -0.1) is 0 Å². The van der Waals surface area contributed by atoms with Crippen molar-refractivity contribution in [3.05, 3.63) is 54.1 Å². The molecular weight excluding hydrogens is 544 g/mol. The van der Waals surface area contributed by atoms with Gasteiger partial charge in [0, 0.05) is 36.4 Å². The number of hydrogen-bond donors (Lipinski definition) is 1.